The maximum absolute atomic E-state index is 10.3. The minimum atomic E-state index is -0.720. The molecule has 0 aromatic rings. The van der Waals surface area contributed by atoms with Crippen LogP contribution in [0.1, 0.15) is 20.3 Å². The van der Waals surface area contributed by atoms with Crippen LogP contribution < -0.4 is 0 Å². The first-order chi connectivity index (χ1) is 4.09. The average Bonchev–Trinajstić information content (AvgIpc) is 1.64. The van der Waals surface area contributed by atoms with Crippen LogP contribution in [0.5, 0.6) is 0 Å². The summed E-state index contributed by atoms with van der Waals surface area (Å²) in [5.41, 5.74) is 0. The monoisotopic (exact) mass is 194 g/mol. The van der Waals surface area contributed by atoms with Crippen molar-refractivity contribution in [2.24, 2.45) is 5.92 Å². The molecule has 54 valence electrons. The summed E-state index contributed by atoms with van der Waals surface area (Å²) in [6.07, 6.45) is 0.682. The summed E-state index contributed by atoms with van der Waals surface area (Å²) in [6.45, 7) is 3.72. The first-order valence-electron chi connectivity index (χ1n) is 2.96. The lowest BCUT2D eigenvalue weighted by atomic mass is 10.0. The maximum Gasteiger partial charge on any atom is 0.307 e. The second-order valence-corrected chi connectivity index (χ2v) is 3.47. The van der Waals surface area contributed by atoms with Gasteiger partial charge in [-0.25, -0.2) is 0 Å². The van der Waals surface area contributed by atoms with E-state index in [1.807, 2.05) is 13.8 Å². The summed E-state index contributed by atoms with van der Waals surface area (Å²) in [4.78, 5) is 10.4. The van der Waals surface area contributed by atoms with Gasteiger partial charge in [0.05, 0.1) is 5.92 Å². The van der Waals surface area contributed by atoms with E-state index in [9.17, 15) is 4.79 Å². The first kappa shape index (κ1) is 8.95. The van der Waals surface area contributed by atoms with Crippen LogP contribution in [0.25, 0.3) is 0 Å². The molecule has 9 heavy (non-hydrogen) atoms. The van der Waals surface area contributed by atoms with Crippen LogP contribution in [0.15, 0.2) is 0 Å². The lowest BCUT2D eigenvalue weighted by Gasteiger charge is -2.10. The molecule has 0 aliphatic heterocycles. The molecule has 0 radical (unpaired) electrons. The van der Waals surface area contributed by atoms with Gasteiger partial charge in [-0.3, -0.25) is 4.79 Å². The predicted octanol–water partition coefficient (Wildman–Crippen LogP) is 1.88. The lowest BCUT2D eigenvalue weighted by molar-refractivity contribution is -0.141. The fourth-order valence-corrected chi connectivity index (χ4v) is 1.30. The minimum Gasteiger partial charge on any atom is -0.481 e. The standard InChI is InChI=1S/C6H11BrO2/c1-3-5(4(2)7)6(8)9/h4-5H,3H2,1-2H3,(H,8,9). The topological polar surface area (TPSA) is 37.3 Å². The van der Waals surface area contributed by atoms with E-state index in [1.54, 1.807) is 0 Å². The van der Waals surface area contributed by atoms with Gasteiger partial charge in [0.2, 0.25) is 0 Å². The molecular formula is C6H11BrO2. The Morgan fingerprint density at radius 3 is 2.22 bits per heavy atom. The van der Waals surface area contributed by atoms with Gasteiger partial charge in [0.25, 0.3) is 0 Å². The molecule has 0 aliphatic rings. The van der Waals surface area contributed by atoms with Crippen molar-refractivity contribution in [2.75, 3.05) is 0 Å². The van der Waals surface area contributed by atoms with Gasteiger partial charge >= 0.3 is 5.97 Å². The van der Waals surface area contributed by atoms with Gasteiger partial charge in [0.1, 0.15) is 0 Å². The normalized spacial score (nSPS) is 16.8. The molecule has 2 atom stereocenters. The number of aliphatic carboxylic acids is 1. The highest BCUT2D eigenvalue weighted by molar-refractivity contribution is 9.09. The summed E-state index contributed by atoms with van der Waals surface area (Å²) in [6, 6.07) is 0. The fraction of sp³-hybridized carbons (Fsp3) is 0.833. The molecule has 0 bridgehead atoms. The van der Waals surface area contributed by atoms with Crippen molar-refractivity contribution in [3.05, 3.63) is 0 Å². The van der Waals surface area contributed by atoms with Crippen LogP contribution in [-0.4, -0.2) is 15.9 Å². The summed E-state index contributed by atoms with van der Waals surface area (Å²) in [7, 11) is 0. The molecule has 1 N–H and O–H groups in total. The molecule has 0 fully saturated rings. The molecule has 0 spiro atoms. The van der Waals surface area contributed by atoms with E-state index >= 15 is 0 Å². The summed E-state index contributed by atoms with van der Waals surface area (Å²) in [5.74, 6) is -0.966. The summed E-state index contributed by atoms with van der Waals surface area (Å²) >= 11 is 3.22. The molecule has 0 aromatic carbocycles. The van der Waals surface area contributed by atoms with Crippen LogP contribution in [-0.2, 0) is 4.79 Å². The van der Waals surface area contributed by atoms with Crippen molar-refractivity contribution in [3.63, 3.8) is 0 Å². The van der Waals surface area contributed by atoms with Crippen LogP contribution >= 0.6 is 15.9 Å². The maximum atomic E-state index is 10.3. The Bertz CT molecular complexity index is 101. The summed E-state index contributed by atoms with van der Waals surface area (Å²) < 4.78 is 0. The highest BCUT2D eigenvalue weighted by Gasteiger charge is 2.19. The predicted molar refractivity (Wildman–Crippen MR) is 39.8 cm³/mol. The van der Waals surface area contributed by atoms with Crippen molar-refractivity contribution in [1.82, 2.24) is 0 Å². The molecule has 2 nitrogen and oxygen atoms in total. The van der Waals surface area contributed by atoms with Gasteiger partial charge in [-0.05, 0) is 6.42 Å². The molecule has 0 rings (SSSR count). The highest BCUT2D eigenvalue weighted by Crippen LogP contribution is 2.15. The Morgan fingerprint density at radius 1 is 1.78 bits per heavy atom. The van der Waals surface area contributed by atoms with E-state index in [2.05, 4.69) is 15.9 Å². The second kappa shape index (κ2) is 3.88. The first-order valence-corrected chi connectivity index (χ1v) is 3.88. The number of carboxylic acids is 1. The van der Waals surface area contributed by atoms with Crippen LogP contribution in [0, 0.1) is 5.92 Å². The largest absolute Gasteiger partial charge is 0.481 e. The van der Waals surface area contributed by atoms with Gasteiger partial charge in [-0.1, -0.05) is 29.8 Å². The SMILES string of the molecule is CCC(C(=O)O)C(C)Br. The van der Waals surface area contributed by atoms with E-state index in [4.69, 9.17) is 5.11 Å². The van der Waals surface area contributed by atoms with Crippen molar-refractivity contribution in [1.29, 1.82) is 0 Å². The van der Waals surface area contributed by atoms with Crippen molar-refractivity contribution in [3.8, 4) is 0 Å². The minimum absolute atomic E-state index is 0.0694. The van der Waals surface area contributed by atoms with Crippen LogP contribution in [0.2, 0.25) is 0 Å². The third kappa shape index (κ3) is 2.84. The smallest absolute Gasteiger partial charge is 0.307 e. The summed E-state index contributed by atoms with van der Waals surface area (Å²) in [5, 5.41) is 8.51. The zero-order valence-electron chi connectivity index (χ0n) is 5.60. The van der Waals surface area contributed by atoms with Crippen molar-refractivity contribution >= 4 is 21.9 Å². The van der Waals surface area contributed by atoms with E-state index in [0.29, 0.717) is 6.42 Å². The Hall–Kier alpha value is -0.0500. The molecule has 0 aromatic heterocycles. The van der Waals surface area contributed by atoms with E-state index in [1.165, 1.54) is 0 Å². The number of alkyl halides is 1. The highest BCUT2D eigenvalue weighted by atomic mass is 79.9. The number of hydrogen-bond acceptors (Lipinski definition) is 1. The third-order valence-corrected chi connectivity index (χ3v) is 1.95. The van der Waals surface area contributed by atoms with Gasteiger partial charge in [-0.2, -0.15) is 0 Å². The molecule has 0 amide bonds. The Balaban J connectivity index is 3.83. The number of rotatable bonds is 3. The van der Waals surface area contributed by atoms with Crippen LogP contribution in [0.3, 0.4) is 0 Å². The number of carboxylic acid groups (broad SMARTS) is 1. The zero-order valence-corrected chi connectivity index (χ0v) is 7.18. The molecule has 2 unspecified atom stereocenters. The van der Waals surface area contributed by atoms with Crippen molar-refractivity contribution in [2.45, 2.75) is 25.1 Å². The van der Waals surface area contributed by atoms with Crippen molar-refractivity contribution < 1.29 is 9.90 Å². The van der Waals surface area contributed by atoms with Crippen LogP contribution in [0.4, 0.5) is 0 Å². The lowest BCUT2D eigenvalue weighted by Crippen LogP contribution is -2.20. The molecule has 3 heteroatoms. The fourth-order valence-electron chi connectivity index (χ4n) is 0.696. The molecule has 0 aliphatic carbocycles. The van der Waals surface area contributed by atoms with Gasteiger partial charge in [-0.15, -0.1) is 0 Å². The molecule has 0 saturated heterocycles. The van der Waals surface area contributed by atoms with E-state index in [-0.39, 0.29) is 10.7 Å². The zero-order chi connectivity index (χ0) is 7.44. The third-order valence-electron chi connectivity index (χ3n) is 1.31. The van der Waals surface area contributed by atoms with E-state index in [0.717, 1.165) is 0 Å². The molecular weight excluding hydrogens is 184 g/mol. The quantitative estimate of drug-likeness (QED) is 0.698. The van der Waals surface area contributed by atoms with Gasteiger partial charge < -0.3 is 5.11 Å². The Labute approximate surface area is 63.4 Å². The van der Waals surface area contributed by atoms with E-state index < -0.39 is 5.97 Å². The molecule has 0 heterocycles. The number of halogens is 1. The number of carbonyl (C=O) groups is 1. The second-order valence-electron chi connectivity index (χ2n) is 2.03. The number of hydrogen-bond donors (Lipinski definition) is 1. The average molecular weight is 195 g/mol. The Morgan fingerprint density at radius 2 is 2.22 bits per heavy atom. The molecule has 0 saturated carbocycles. The van der Waals surface area contributed by atoms with Gasteiger partial charge in [0, 0.05) is 4.83 Å². The van der Waals surface area contributed by atoms with Gasteiger partial charge in [0.15, 0.2) is 0 Å². The Kier molecular flexibility index (Phi) is 3.86.